The van der Waals surface area contributed by atoms with Gasteiger partial charge in [-0.15, -0.1) is 11.6 Å². The molecule has 4 nitrogen and oxygen atoms in total. The molecule has 100 valence electrons. The number of methoxy groups -OCH3 is 1. The van der Waals surface area contributed by atoms with Crippen molar-refractivity contribution in [1.29, 1.82) is 0 Å². The number of carbonyl (C=O) groups is 1. The van der Waals surface area contributed by atoms with Crippen LogP contribution in [-0.4, -0.2) is 56.2 Å². The van der Waals surface area contributed by atoms with Crippen LogP contribution in [0.3, 0.4) is 0 Å². The Balaban J connectivity index is 2.16. The quantitative estimate of drug-likeness (QED) is 0.656. The smallest absolute Gasteiger partial charge is 0.222 e. The molecule has 0 aromatic carbocycles. The zero-order chi connectivity index (χ0) is 12.7. The van der Waals surface area contributed by atoms with Crippen LogP contribution in [0.15, 0.2) is 0 Å². The van der Waals surface area contributed by atoms with Crippen molar-refractivity contribution in [2.24, 2.45) is 0 Å². The Hall–Kier alpha value is -0.320. The summed E-state index contributed by atoms with van der Waals surface area (Å²) in [5.41, 5.74) is 0. The number of alkyl halides is 1. The lowest BCUT2D eigenvalue weighted by Crippen LogP contribution is -2.34. The molecular formula is C12H22ClNO3. The highest BCUT2D eigenvalue weighted by Crippen LogP contribution is 2.17. The highest BCUT2D eigenvalue weighted by molar-refractivity contribution is 6.21. The average Bonchev–Trinajstić information content (AvgIpc) is 2.78. The lowest BCUT2D eigenvalue weighted by Gasteiger charge is -2.20. The normalized spacial score (nSPS) is 21.5. The summed E-state index contributed by atoms with van der Waals surface area (Å²) in [6.45, 7) is 1.83. The summed E-state index contributed by atoms with van der Waals surface area (Å²) in [4.78, 5) is 13.5. The predicted molar refractivity (Wildman–Crippen MR) is 67.4 cm³/mol. The molecule has 0 radical (unpaired) electrons. The van der Waals surface area contributed by atoms with Crippen molar-refractivity contribution in [2.45, 2.75) is 37.2 Å². The lowest BCUT2D eigenvalue weighted by molar-refractivity contribution is -0.130. The molecule has 1 rings (SSSR count). The average molecular weight is 264 g/mol. The molecule has 0 N–H and O–H groups in total. The van der Waals surface area contributed by atoms with Crippen LogP contribution in [0.1, 0.15) is 25.7 Å². The van der Waals surface area contributed by atoms with Crippen LogP contribution >= 0.6 is 11.6 Å². The number of rotatable bonds is 7. The number of hydrogen-bond acceptors (Lipinski definition) is 3. The molecule has 5 heteroatoms. The first-order valence-electron chi connectivity index (χ1n) is 6.12. The molecular weight excluding hydrogens is 242 g/mol. The first-order valence-corrected chi connectivity index (χ1v) is 6.55. The van der Waals surface area contributed by atoms with Gasteiger partial charge in [0, 0.05) is 33.7 Å². The maximum atomic E-state index is 11.8. The lowest BCUT2D eigenvalue weighted by atomic mass is 10.1. The van der Waals surface area contributed by atoms with E-state index in [0.29, 0.717) is 19.6 Å². The second-order valence-corrected chi connectivity index (χ2v) is 5.12. The molecule has 1 amide bonds. The van der Waals surface area contributed by atoms with Crippen molar-refractivity contribution in [3.8, 4) is 0 Å². The van der Waals surface area contributed by atoms with Crippen molar-refractivity contribution >= 4 is 17.5 Å². The van der Waals surface area contributed by atoms with Crippen molar-refractivity contribution in [3.63, 3.8) is 0 Å². The molecule has 17 heavy (non-hydrogen) atoms. The third kappa shape index (κ3) is 5.70. The van der Waals surface area contributed by atoms with Gasteiger partial charge in [0.15, 0.2) is 0 Å². The third-order valence-electron chi connectivity index (χ3n) is 2.95. The number of ether oxygens (including phenoxy) is 2. The predicted octanol–water partition coefficient (Wildman–Crippen LogP) is 1.66. The zero-order valence-electron chi connectivity index (χ0n) is 10.7. The third-order valence-corrected chi connectivity index (χ3v) is 3.21. The fourth-order valence-electron chi connectivity index (χ4n) is 1.98. The largest absolute Gasteiger partial charge is 0.383 e. The molecule has 0 spiro atoms. The van der Waals surface area contributed by atoms with E-state index in [1.165, 1.54) is 0 Å². The van der Waals surface area contributed by atoms with Crippen molar-refractivity contribution in [1.82, 2.24) is 4.90 Å². The van der Waals surface area contributed by atoms with Crippen LogP contribution < -0.4 is 0 Å². The molecule has 2 unspecified atom stereocenters. The Bertz CT molecular complexity index is 232. The molecule has 0 saturated carbocycles. The first-order chi connectivity index (χ1) is 8.13. The van der Waals surface area contributed by atoms with E-state index in [4.69, 9.17) is 21.1 Å². The number of hydrogen-bond donors (Lipinski definition) is 0. The van der Waals surface area contributed by atoms with Gasteiger partial charge < -0.3 is 14.4 Å². The maximum absolute atomic E-state index is 11.8. The minimum atomic E-state index is -0.142. The number of nitrogens with zero attached hydrogens (tertiary/aromatic N) is 1. The van der Waals surface area contributed by atoms with Gasteiger partial charge in [-0.2, -0.15) is 0 Å². The monoisotopic (exact) mass is 263 g/mol. The summed E-state index contributed by atoms with van der Waals surface area (Å²) >= 11 is 6.00. The van der Waals surface area contributed by atoms with Gasteiger partial charge in [0.05, 0.1) is 18.1 Å². The molecule has 1 aliphatic rings. The molecule has 1 saturated heterocycles. The number of halogens is 1. The van der Waals surface area contributed by atoms with E-state index in [1.807, 2.05) is 0 Å². The minimum absolute atomic E-state index is 0.127. The second kappa shape index (κ2) is 7.90. The van der Waals surface area contributed by atoms with Gasteiger partial charge in [0.25, 0.3) is 0 Å². The minimum Gasteiger partial charge on any atom is -0.383 e. The number of carbonyl (C=O) groups excluding carboxylic acids is 1. The fourth-order valence-corrected chi connectivity index (χ4v) is 2.31. The molecule has 0 aromatic rings. The Morgan fingerprint density at radius 1 is 1.65 bits per heavy atom. The highest BCUT2D eigenvalue weighted by atomic mass is 35.5. The van der Waals surface area contributed by atoms with Crippen LogP contribution in [0.2, 0.25) is 0 Å². The maximum Gasteiger partial charge on any atom is 0.222 e. The van der Waals surface area contributed by atoms with Gasteiger partial charge in [-0.1, -0.05) is 0 Å². The Morgan fingerprint density at radius 3 is 3.00 bits per heavy atom. The van der Waals surface area contributed by atoms with Crippen molar-refractivity contribution < 1.29 is 14.3 Å². The van der Waals surface area contributed by atoms with E-state index in [-0.39, 0.29) is 17.4 Å². The molecule has 0 aromatic heterocycles. The number of amides is 1. The summed E-state index contributed by atoms with van der Waals surface area (Å²) in [7, 11) is 3.39. The van der Waals surface area contributed by atoms with Crippen LogP contribution in [0, 0.1) is 0 Å². The molecule has 1 heterocycles. The van der Waals surface area contributed by atoms with E-state index in [9.17, 15) is 4.79 Å². The van der Waals surface area contributed by atoms with Crippen LogP contribution in [0.25, 0.3) is 0 Å². The summed E-state index contributed by atoms with van der Waals surface area (Å²) in [5, 5.41) is -0.142. The Labute approximate surface area is 108 Å². The molecule has 1 fully saturated rings. The van der Waals surface area contributed by atoms with Crippen molar-refractivity contribution in [2.75, 3.05) is 33.9 Å². The van der Waals surface area contributed by atoms with Gasteiger partial charge in [-0.3, -0.25) is 4.79 Å². The summed E-state index contributed by atoms with van der Waals surface area (Å²) < 4.78 is 10.4. The van der Waals surface area contributed by atoms with E-state index in [1.54, 1.807) is 19.1 Å². The fraction of sp³-hybridized carbons (Fsp3) is 0.917. The highest BCUT2D eigenvalue weighted by Gasteiger charge is 2.19. The molecule has 0 bridgehead atoms. The standard InChI is InChI=1S/C12H22ClNO3/c1-14(8-10(13)9-16-2)12(15)6-5-11-4-3-7-17-11/h10-11H,3-9H2,1-2H3. The summed E-state index contributed by atoms with van der Waals surface area (Å²) in [6.07, 6.45) is 3.83. The summed E-state index contributed by atoms with van der Waals surface area (Å²) in [5.74, 6) is 0.127. The Morgan fingerprint density at radius 2 is 2.41 bits per heavy atom. The molecule has 0 aliphatic carbocycles. The second-order valence-electron chi connectivity index (χ2n) is 4.50. The van der Waals surface area contributed by atoms with E-state index >= 15 is 0 Å². The SMILES string of the molecule is COCC(Cl)CN(C)C(=O)CCC1CCCO1. The van der Waals surface area contributed by atoms with E-state index < -0.39 is 0 Å². The van der Waals surface area contributed by atoms with Gasteiger partial charge in [-0.25, -0.2) is 0 Å². The topological polar surface area (TPSA) is 38.8 Å². The van der Waals surface area contributed by atoms with Crippen LogP contribution in [0.5, 0.6) is 0 Å². The van der Waals surface area contributed by atoms with E-state index in [2.05, 4.69) is 0 Å². The van der Waals surface area contributed by atoms with Crippen molar-refractivity contribution in [3.05, 3.63) is 0 Å². The van der Waals surface area contributed by atoms with Gasteiger partial charge >= 0.3 is 0 Å². The van der Waals surface area contributed by atoms with E-state index in [0.717, 1.165) is 25.9 Å². The molecule has 1 aliphatic heterocycles. The van der Waals surface area contributed by atoms with Crippen LogP contribution in [0.4, 0.5) is 0 Å². The molecule has 2 atom stereocenters. The van der Waals surface area contributed by atoms with Gasteiger partial charge in [0.1, 0.15) is 0 Å². The van der Waals surface area contributed by atoms with Gasteiger partial charge in [0.2, 0.25) is 5.91 Å². The zero-order valence-corrected chi connectivity index (χ0v) is 11.4. The van der Waals surface area contributed by atoms with Crippen LogP contribution in [-0.2, 0) is 14.3 Å². The van der Waals surface area contributed by atoms with Gasteiger partial charge in [-0.05, 0) is 19.3 Å². The first kappa shape index (κ1) is 14.7. The Kier molecular flexibility index (Phi) is 6.85. The summed E-state index contributed by atoms with van der Waals surface area (Å²) in [6, 6.07) is 0.